The van der Waals surface area contributed by atoms with Crippen molar-refractivity contribution in [2.24, 2.45) is 0 Å². The molecular formula is C4H4N4O3. The van der Waals surface area contributed by atoms with E-state index in [-0.39, 0.29) is 0 Å². The molecule has 7 heteroatoms. The molecule has 11 heavy (non-hydrogen) atoms. The lowest BCUT2D eigenvalue weighted by Gasteiger charge is -2.13. The van der Waals surface area contributed by atoms with Crippen molar-refractivity contribution in [2.45, 2.75) is 6.23 Å². The monoisotopic (exact) mass is 156 g/mol. The average Bonchev–Trinajstić information content (AvgIpc) is 1.85. The van der Waals surface area contributed by atoms with E-state index in [0.29, 0.717) is 0 Å². The Hall–Kier alpha value is -1.72. The summed E-state index contributed by atoms with van der Waals surface area (Å²) in [4.78, 5) is 23.5. The maximum atomic E-state index is 10.6. The summed E-state index contributed by atoms with van der Waals surface area (Å²) in [6.45, 7) is 0. The molecule has 0 bridgehead atoms. The van der Waals surface area contributed by atoms with Gasteiger partial charge in [0.25, 0.3) is 0 Å². The number of hydrogen-bond acceptors (Lipinski definition) is 3. The first-order chi connectivity index (χ1) is 5.15. The van der Waals surface area contributed by atoms with Crippen LogP contribution in [0.15, 0.2) is 0 Å². The topological polar surface area (TPSA) is 115 Å². The quantitative estimate of drug-likeness (QED) is 0.273. The van der Waals surface area contributed by atoms with Crippen molar-refractivity contribution in [3.63, 3.8) is 0 Å². The Morgan fingerprint density at radius 2 is 2.18 bits per heavy atom. The number of aliphatic hydroxyl groups is 1. The van der Waals surface area contributed by atoms with E-state index in [2.05, 4.69) is 4.79 Å². The summed E-state index contributed by atoms with van der Waals surface area (Å²) in [7, 11) is 0. The Labute approximate surface area is 60.6 Å². The molecule has 0 saturated carbocycles. The summed E-state index contributed by atoms with van der Waals surface area (Å²) in [5.41, 5.74) is 7.60. The maximum absolute atomic E-state index is 10.6. The third kappa shape index (κ3) is 1.23. The van der Waals surface area contributed by atoms with E-state index in [4.69, 9.17) is 10.6 Å². The zero-order valence-corrected chi connectivity index (χ0v) is 5.24. The number of carbonyl (C=O) groups excluding carboxylic acids is 2. The molecule has 0 aromatic rings. The molecule has 1 fully saturated rings. The summed E-state index contributed by atoms with van der Waals surface area (Å²) in [5.74, 6) is -0.913. The molecule has 1 aliphatic rings. The number of urea groups is 1. The fraction of sp³-hybridized carbons (Fsp3) is 0.250. The fourth-order valence-electron chi connectivity index (χ4n) is 0.620. The number of nitrogens with zero attached hydrogens (tertiary/aromatic N) is 2. The average molecular weight is 156 g/mol. The molecule has 0 aromatic carbocycles. The molecule has 7 nitrogen and oxygen atoms in total. The van der Waals surface area contributed by atoms with Gasteiger partial charge in [-0.25, -0.2) is 4.79 Å². The Kier molecular flexibility index (Phi) is 1.67. The molecule has 1 heterocycles. The van der Waals surface area contributed by atoms with Gasteiger partial charge in [-0.2, -0.15) is 4.79 Å². The molecule has 0 aliphatic carbocycles. The number of imide groups is 1. The van der Waals surface area contributed by atoms with E-state index in [1.165, 1.54) is 0 Å². The number of carbonyl (C=O) groups is 2. The summed E-state index contributed by atoms with van der Waals surface area (Å²) in [5, 5.41) is 12.5. The number of amides is 3. The van der Waals surface area contributed by atoms with Gasteiger partial charge >= 0.3 is 17.6 Å². The van der Waals surface area contributed by atoms with Gasteiger partial charge in [0.05, 0.1) is 0 Å². The van der Waals surface area contributed by atoms with Gasteiger partial charge in [0.1, 0.15) is 0 Å². The van der Waals surface area contributed by atoms with Gasteiger partial charge in [0, 0.05) is 0 Å². The van der Waals surface area contributed by atoms with E-state index in [9.17, 15) is 9.59 Å². The largest absolute Gasteiger partial charge is 0.404 e. The van der Waals surface area contributed by atoms with E-state index >= 15 is 0 Å². The Bertz CT molecular complexity index is 267. The lowest BCUT2D eigenvalue weighted by Crippen LogP contribution is -2.59. The first-order valence-electron chi connectivity index (χ1n) is 2.67. The predicted molar refractivity (Wildman–Crippen MR) is 31.3 cm³/mol. The van der Waals surface area contributed by atoms with Gasteiger partial charge in [-0.1, -0.05) is 0 Å². The van der Waals surface area contributed by atoms with Crippen molar-refractivity contribution >= 4 is 17.6 Å². The maximum Gasteiger partial charge on any atom is 0.404 e. The van der Waals surface area contributed by atoms with E-state index in [1.54, 1.807) is 5.32 Å². The van der Waals surface area contributed by atoms with Gasteiger partial charge in [-0.15, -0.1) is 0 Å². The molecule has 0 radical (unpaired) electrons. The van der Waals surface area contributed by atoms with Crippen molar-refractivity contribution in [3.05, 3.63) is 5.53 Å². The minimum atomic E-state index is -1.54. The third-order valence-electron chi connectivity index (χ3n) is 1.09. The Balaban J connectivity index is 2.92. The standard InChI is InChI=1S/C4H4N4O3/c5-8-1-2(9)6-4(11)7-3(1)10/h2,9H,(H2,6,7,10,11). The summed E-state index contributed by atoms with van der Waals surface area (Å²) < 4.78 is 0. The van der Waals surface area contributed by atoms with Crippen LogP contribution in [-0.2, 0) is 4.79 Å². The number of rotatable bonds is 0. The molecule has 58 valence electrons. The number of hydrogen-bond donors (Lipinski definition) is 3. The van der Waals surface area contributed by atoms with Crippen LogP contribution in [0.2, 0.25) is 0 Å². The third-order valence-corrected chi connectivity index (χ3v) is 1.09. The highest BCUT2D eigenvalue weighted by molar-refractivity contribution is 6.42. The predicted octanol–water partition coefficient (Wildman–Crippen LogP) is -2.18. The van der Waals surface area contributed by atoms with Crippen LogP contribution in [-0.4, -0.2) is 33.8 Å². The van der Waals surface area contributed by atoms with Gasteiger partial charge in [0.2, 0.25) is 6.23 Å². The second kappa shape index (κ2) is 2.49. The second-order valence-electron chi connectivity index (χ2n) is 1.82. The van der Waals surface area contributed by atoms with Crippen LogP contribution in [0.5, 0.6) is 0 Å². The molecule has 1 rings (SSSR count). The first kappa shape index (κ1) is 7.39. The second-order valence-corrected chi connectivity index (χ2v) is 1.82. The molecule has 3 amide bonds. The molecule has 1 unspecified atom stereocenters. The van der Waals surface area contributed by atoms with Crippen LogP contribution < -0.4 is 10.6 Å². The molecule has 0 spiro atoms. The summed E-state index contributed by atoms with van der Waals surface area (Å²) in [6, 6.07) is -0.824. The SMILES string of the molecule is [N-]=[N+]=C1C(=O)NC(=O)NC1O. The van der Waals surface area contributed by atoms with Gasteiger partial charge in [0.15, 0.2) is 0 Å². The zero-order valence-electron chi connectivity index (χ0n) is 5.24. The summed E-state index contributed by atoms with van der Waals surface area (Å²) in [6.07, 6.45) is -1.54. The molecule has 1 aliphatic heterocycles. The van der Waals surface area contributed by atoms with Crippen molar-refractivity contribution in [1.82, 2.24) is 10.6 Å². The lowest BCUT2D eigenvalue weighted by molar-refractivity contribution is -0.120. The summed E-state index contributed by atoms with van der Waals surface area (Å²) >= 11 is 0. The Morgan fingerprint density at radius 1 is 1.55 bits per heavy atom. The minimum absolute atomic E-state index is 0.537. The van der Waals surface area contributed by atoms with Crippen LogP contribution in [0.4, 0.5) is 4.79 Å². The molecule has 3 N–H and O–H groups in total. The van der Waals surface area contributed by atoms with E-state index < -0.39 is 23.9 Å². The van der Waals surface area contributed by atoms with Crippen molar-refractivity contribution in [2.75, 3.05) is 0 Å². The lowest BCUT2D eigenvalue weighted by atomic mass is 10.3. The van der Waals surface area contributed by atoms with E-state index in [1.807, 2.05) is 5.32 Å². The molecule has 1 atom stereocenters. The highest BCUT2D eigenvalue weighted by Crippen LogP contribution is 1.88. The number of nitrogens with one attached hydrogen (secondary N) is 2. The fourth-order valence-corrected chi connectivity index (χ4v) is 0.620. The highest BCUT2D eigenvalue weighted by Gasteiger charge is 2.36. The molecular weight excluding hydrogens is 152 g/mol. The Morgan fingerprint density at radius 3 is 2.64 bits per heavy atom. The van der Waals surface area contributed by atoms with Crippen LogP contribution in [0.1, 0.15) is 0 Å². The van der Waals surface area contributed by atoms with Gasteiger partial charge in [-0.3, -0.25) is 10.1 Å². The van der Waals surface area contributed by atoms with Crippen LogP contribution in [0, 0.1) is 0 Å². The number of aliphatic hydroxyl groups excluding tert-OH is 1. The van der Waals surface area contributed by atoms with Gasteiger partial charge < -0.3 is 16.0 Å². The van der Waals surface area contributed by atoms with Crippen LogP contribution in [0.3, 0.4) is 0 Å². The van der Waals surface area contributed by atoms with Gasteiger partial charge in [-0.05, 0) is 0 Å². The van der Waals surface area contributed by atoms with Crippen molar-refractivity contribution < 1.29 is 19.5 Å². The van der Waals surface area contributed by atoms with Crippen molar-refractivity contribution in [1.29, 1.82) is 0 Å². The smallest absolute Gasteiger partial charge is 0.363 e. The van der Waals surface area contributed by atoms with Crippen LogP contribution in [0.25, 0.3) is 5.53 Å². The minimum Gasteiger partial charge on any atom is -0.363 e. The van der Waals surface area contributed by atoms with Crippen molar-refractivity contribution in [3.8, 4) is 0 Å². The molecule has 0 aromatic heterocycles. The zero-order chi connectivity index (χ0) is 8.43. The first-order valence-corrected chi connectivity index (χ1v) is 2.67. The normalized spacial score (nSPS) is 23.7. The highest BCUT2D eigenvalue weighted by atomic mass is 16.3. The van der Waals surface area contributed by atoms with E-state index in [0.717, 1.165) is 0 Å². The van der Waals surface area contributed by atoms with Crippen LogP contribution >= 0.6 is 0 Å². The molecule has 1 saturated heterocycles.